The highest BCUT2D eigenvalue weighted by molar-refractivity contribution is 6.09. The van der Waals surface area contributed by atoms with Gasteiger partial charge in [0.15, 0.2) is 11.5 Å². The van der Waals surface area contributed by atoms with Crippen LogP contribution >= 0.6 is 0 Å². The van der Waals surface area contributed by atoms with Gasteiger partial charge >= 0.3 is 5.63 Å². The Morgan fingerprint density at radius 1 is 1.17 bits per heavy atom. The summed E-state index contributed by atoms with van der Waals surface area (Å²) in [5.41, 5.74) is 7.15. The van der Waals surface area contributed by atoms with Gasteiger partial charge < -0.3 is 24.8 Å². The first kappa shape index (κ1) is 18.9. The van der Waals surface area contributed by atoms with Crippen LogP contribution in [-0.4, -0.2) is 23.0 Å². The molecule has 0 amide bonds. The predicted molar refractivity (Wildman–Crippen MR) is 110 cm³/mol. The minimum atomic E-state index is -0.402. The number of fused-ring (bicyclic) bond motifs is 1. The molecule has 2 heterocycles. The van der Waals surface area contributed by atoms with Crippen LogP contribution < -0.4 is 15.8 Å². The van der Waals surface area contributed by atoms with Crippen LogP contribution in [0.15, 0.2) is 38.6 Å². The third kappa shape index (κ3) is 2.99. The molecule has 1 aromatic heterocycles. The summed E-state index contributed by atoms with van der Waals surface area (Å²) < 4.78 is 10.5. The van der Waals surface area contributed by atoms with E-state index in [0.717, 1.165) is 11.1 Å². The van der Waals surface area contributed by atoms with E-state index in [9.17, 15) is 15.0 Å². The van der Waals surface area contributed by atoms with Crippen molar-refractivity contribution in [1.29, 1.82) is 0 Å². The van der Waals surface area contributed by atoms with Crippen LogP contribution in [0.25, 0.3) is 11.0 Å². The van der Waals surface area contributed by atoms with Gasteiger partial charge in [0.05, 0.1) is 24.2 Å². The number of aryl methyl sites for hydroxylation is 2. The van der Waals surface area contributed by atoms with Crippen molar-refractivity contribution in [3.8, 4) is 17.2 Å². The van der Waals surface area contributed by atoms with Crippen LogP contribution in [0.3, 0.4) is 0 Å². The maximum absolute atomic E-state index is 12.0. The smallest absolute Gasteiger partial charge is 0.339 e. The average molecular weight is 394 g/mol. The number of hydrazone groups is 1. The standard InChI is InChI=1S/C22H22N2O5/c1-10-7-18-20(11(2)12(3)22(27)29-18)21(26)19(10)15-9-14(23-24-15)13-5-6-17(28-4)16(25)8-13/h5-8,14,23,25-26H,9H2,1-4H3/t14-/m1/s1. The highest BCUT2D eigenvalue weighted by atomic mass is 16.5. The topological polar surface area (TPSA) is 104 Å². The van der Waals surface area contributed by atoms with Gasteiger partial charge in [0.2, 0.25) is 0 Å². The summed E-state index contributed by atoms with van der Waals surface area (Å²) in [7, 11) is 1.50. The number of benzene rings is 2. The van der Waals surface area contributed by atoms with Crippen LogP contribution in [0, 0.1) is 20.8 Å². The van der Waals surface area contributed by atoms with Crippen LogP contribution in [-0.2, 0) is 0 Å². The molecule has 3 N–H and O–H groups in total. The second kappa shape index (κ2) is 6.84. The number of rotatable bonds is 3. The Labute approximate surface area is 167 Å². The number of nitrogens with zero attached hydrogens (tertiary/aromatic N) is 1. The normalized spacial score (nSPS) is 16.0. The summed E-state index contributed by atoms with van der Waals surface area (Å²) in [6.07, 6.45) is 0.528. The average Bonchev–Trinajstić information content (AvgIpc) is 3.15. The van der Waals surface area contributed by atoms with Crippen LogP contribution in [0.5, 0.6) is 17.2 Å². The zero-order chi connectivity index (χ0) is 20.9. The molecule has 0 aliphatic carbocycles. The highest BCUT2D eigenvalue weighted by Crippen LogP contribution is 2.38. The Kier molecular flexibility index (Phi) is 4.45. The Bertz CT molecular complexity index is 1230. The maximum Gasteiger partial charge on any atom is 0.339 e. The lowest BCUT2D eigenvalue weighted by Crippen LogP contribution is -2.10. The van der Waals surface area contributed by atoms with Gasteiger partial charge in [-0.15, -0.1) is 0 Å². The van der Waals surface area contributed by atoms with E-state index in [-0.39, 0.29) is 17.5 Å². The number of phenols is 2. The molecule has 0 saturated carbocycles. The van der Waals surface area contributed by atoms with Gasteiger partial charge in [-0.1, -0.05) is 6.07 Å². The highest BCUT2D eigenvalue weighted by Gasteiger charge is 2.27. The summed E-state index contributed by atoms with van der Waals surface area (Å²) in [5, 5.41) is 26.0. The van der Waals surface area contributed by atoms with Gasteiger partial charge in [-0.3, -0.25) is 0 Å². The first-order valence-electron chi connectivity index (χ1n) is 9.27. The predicted octanol–water partition coefficient (Wildman–Crippen LogP) is 3.58. The number of hydrogen-bond acceptors (Lipinski definition) is 7. The molecule has 0 fully saturated rings. The van der Waals surface area contributed by atoms with Crippen molar-refractivity contribution in [3.05, 3.63) is 62.5 Å². The lowest BCUT2D eigenvalue weighted by atomic mass is 9.93. The molecule has 150 valence electrons. The minimum Gasteiger partial charge on any atom is -0.506 e. The Morgan fingerprint density at radius 2 is 1.93 bits per heavy atom. The monoisotopic (exact) mass is 394 g/mol. The van der Waals surface area contributed by atoms with E-state index in [2.05, 4.69) is 10.5 Å². The van der Waals surface area contributed by atoms with Gasteiger partial charge in [-0.05, 0) is 55.7 Å². The molecule has 7 nitrogen and oxygen atoms in total. The molecule has 29 heavy (non-hydrogen) atoms. The van der Waals surface area contributed by atoms with Crippen molar-refractivity contribution in [3.63, 3.8) is 0 Å². The molecule has 1 aliphatic rings. The fourth-order valence-electron chi connectivity index (χ4n) is 3.81. The Balaban J connectivity index is 1.74. The lowest BCUT2D eigenvalue weighted by molar-refractivity contribution is 0.372. The molecule has 0 saturated heterocycles. The molecule has 4 rings (SSSR count). The molecule has 0 unspecified atom stereocenters. The number of ether oxygens (including phenoxy) is 1. The molecule has 3 aromatic rings. The number of phenolic OH excluding ortho intramolecular Hbond substituents is 2. The van der Waals surface area contributed by atoms with Crippen molar-refractivity contribution in [2.75, 3.05) is 7.11 Å². The molecule has 1 atom stereocenters. The van der Waals surface area contributed by atoms with E-state index in [0.29, 0.717) is 45.5 Å². The van der Waals surface area contributed by atoms with Crippen molar-refractivity contribution < 1.29 is 19.4 Å². The van der Waals surface area contributed by atoms with Crippen molar-refractivity contribution >= 4 is 16.7 Å². The quantitative estimate of drug-likeness (QED) is 0.587. The third-order valence-corrected chi connectivity index (χ3v) is 5.55. The van der Waals surface area contributed by atoms with E-state index < -0.39 is 5.63 Å². The van der Waals surface area contributed by atoms with Crippen molar-refractivity contribution in [1.82, 2.24) is 5.43 Å². The molecular formula is C22H22N2O5. The number of nitrogens with one attached hydrogen (secondary N) is 1. The number of aromatic hydroxyl groups is 2. The summed E-state index contributed by atoms with van der Waals surface area (Å²) >= 11 is 0. The summed E-state index contributed by atoms with van der Waals surface area (Å²) in [6, 6.07) is 6.83. The second-order valence-corrected chi connectivity index (χ2v) is 7.31. The SMILES string of the molecule is COc1ccc([C@H]2CC(c3c(C)cc4oc(=O)c(C)c(C)c4c3O)=NN2)cc1O. The Hall–Kier alpha value is -3.48. The molecular weight excluding hydrogens is 372 g/mol. The fourth-order valence-corrected chi connectivity index (χ4v) is 3.81. The number of hydrogen-bond donors (Lipinski definition) is 3. The van der Waals surface area contributed by atoms with Gasteiger partial charge in [0, 0.05) is 17.5 Å². The molecule has 0 radical (unpaired) electrons. The second-order valence-electron chi connectivity index (χ2n) is 7.31. The van der Waals surface area contributed by atoms with Crippen LogP contribution in [0.4, 0.5) is 0 Å². The fraction of sp³-hybridized carbons (Fsp3) is 0.273. The van der Waals surface area contributed by atoms with Gasteiger partial charge in [-0.25, -0.2) is 4.79 Å². The van der Waals surface area contributed by atoms with Crippen LogP contribution in [0.1, 0.15) is 40.3 Å². The molecule has 0 spiro atoms. The van der Waals surface area contributed by atoms with Gasteiger partial charge in [0.25, 0.3) is 0 Å². The summed E-state index contributed by atoms with van der Waals surface area (Å²) in [6.45, 7) is 5.32. The van der Waals surface area contributed by atoms with E-state index >= 15 is 0 Å². The summed E-state index contributed by atoms with van der Waals surface area (Å²) in [4.78, 5) is 12.0. The van der Waals surface area contributed by atoms with E-state index in [4.69, 9.17) is 9.15 Å². The maximum atomic E-state index is 12.0. The van der Waals surface area contributed by atoms with Crippen molar-refractivity contribution in [2.24, 2.45) is 5.10 Å². The van der Waals surface area contributed by atoms with Gasteiger partial charge in [0.1, 0.15) is 11.3 Å². The van der Waals surface area contributed by atoms with Gasteiger partial charge in [-0.2, -0.15) is 5.10 Å². The molecule has 1 aliphatic heterocycles. The van der Waals surface area contributed by atoms with E-state index in [1.807, 2.05) is 13.0 Å². The first-order valence-corrected chi connectivity index (χ1v) is 9.27. The zero-order valence-corrected chi connectivity index (χ0v) is 16.7. The Morgan fingerprint density at radius 3 is 2.62 bits per heavy atom. The molecule has 0 bridgehead atoms. The first-order chi connectivity index (χ1) is 13.8. The molecule has 2 aromatic carbocycles. The molecule has 7 heteroatoms. The number of methoxy groups -OCH3 is 1. The lowest BCUT2D eigenvalue weighted by Gasteiger charge is -2.14. The van der Waals surface area contributed by atoms with Crippen molar-refractivity contribution in [2.45, 2.75) is 33.2 Å². The van der Waals surface area contributed by atoms with Crippen LogP contribution in [0.2, 0.25) is 0 Å². The van der Waals surface area contributed by atoms with E-state index in [1.165, 1.54) is 7.11 Å². The summed E-state index contributed by atoms with van der Waals surface area (Å²) in [5.74, 6) is 0.525. The largest absolute Gasteiger partial charge is 0.506 e. The van der Waals surface area contributed by atoms with E-state index in [1.54, 1.807) is 32.0 Å². The zero-order valence-electron chi connectivity index (χ0n) is 16.7. The minimum absolute atomic E-state index is 0.0585. The third-order valence-electron chi connectivity index (χ3n) is 5.55.